The molecule has 0 aliphatic carbocycles. The van der Waals surface area contributed by atoms with Gasteiger partial charge in [0.05, 0.1) is 6.26 Å². The van der Waals surface area contributed by atoms with Gasteiger partial charge in [-0.05, 0) is 31.4 Å². The molecule has 1 rings (SSSR count). The van der Waals surface area contributed by atoms with Gasteiger partial charge in [0.2, 0.25) is 0 Å². The maximum Gasteiger partial charge on any atom is 0.303 e. The van der Waals surface area contributed by atoms with Crippen LogP contribution in [0.5, 0.6) is 0 Å². The summed E-state index contributed by atoms with van der Waals surface area (Å²) in [5, 5.41) is 8.48. The molecule has 0 aromatic carbocycles. The minimum absolute atomic E-state index is 0.311. The Morgan fingerprint density at radius 1 is 1.18 bits per heavy atom. The first-order chi connectivity index (χ1) is 8.20. The van der Waals surface area contributed by atoms with Crippen LogP contribution in [0.15, 0.2) is 16.7 Å². The third kappa shape index (κ3) is 6.15. The molecule has 0 aliphatic heterocycles. The number of carboxylic acids is 1. The molecule has 0 saturated carbocycles. The Bertz CT molecular complexity index is 328. The quantitative estimate of drug-likeness (QED) is 0.663. The van der Waals surface area contributed by atoms with E-state index in [1.165, 1.54) is 18.4 Å². The van der Waals surface area contributed by atoms with Gasteiger partial charge < -0.3 is 9.52 Å². The van der Waals surface area contributed by atoms with Gasteiger partial charge in [0.15, 0.2) is 0 Å². The molecule has 0 saturated heterocycles. The Kier molecular flexibility index (Phi) is 6.45. The third-order valence-electron chi connectivity index (χ3n) is 3.01. The molecule has 0 aliphatic rings. The van der Waals surface area contributed by atoms with E-state index in [0.717, 1.165) is 37.9 Å². The first kappa shape index (κ1) is 13.8. The molecular weight excluding hydrogens is 216 g/mol. The second-order valence-electron chi connectivity index (χ2n) is 4.54. The SMILES string of the molecule is Cc1ccoc1CCCCCCCCC(=O)O. The van der Waals surface area contributed by atoms with Crippen molar-refractivity contribution in [2.45, 2.75) is 58.3 Å². The Balaban J connectivity index is 1.91. The van der Waals surface area contributed by atoms with E-state index in [-0.39, 0.29) is 0 Å². The van der Waals surface area contributed by atoms with E-state index in [1.54, 1.807) is 6.26 Å². The van der Waals surface area contributed by atoms with Gasteiger partial charge in [-0.25, -0.2) is 0 Å². The van der Waals surface area contributed by atoms with E-state index in [0.29, 0.717) is 6.42 Å². The average Bonchev–Trinajstić information content (AvgIpc) is 2.68. The highest BCUT2D eigenvalue weighted by Crippen LogP contribution is 2.14. The topological polar surface area (TPSA) is 50.4 Å². The van der Waals surface area contributed by atoms with Crippen LogP contribution in [-0.2, 0) is 11.2 Å². The Morgan fingerprint density at radius 2 is 1.82 bits per heavy atom. The van der Waals surface area contributed by atoms with Gasteiger partial charge in [0.25, 0.3) is 0 Å². The van der Waals surface area contributed by atoms with E-state index in [2.05, 4.69) is 6.92 Å². The van der Waals surface area contributed by atoms with Crippen molar-refractivity contribution >= 4 is 5.97 Å². The van der Waals surface area contributed by atoms with Gasteiger partial charge in [-0.1, -0.05) is 25.7 Å². The molecule has 1 heterocycles. The molecule has 96 valence electrons. The van der Waals surface area contributed by atoms with Gasteiger partial charge in [0.1, 0.15) is 5.76 Å². The van der Waals surface area contributed by atoms with Gasteiger partial charge in [0, 0.05) is 12.8 Å². The largest absolute Gasteiger partial charge is 0.481 e. The summed E-state index contributed by atoms with van der Waals surface area (Å²) in [6, 6.07) is 2.00. The van der Waals surface area contributed by atoms with Crippen LogP contribution < -0.4 is 0 Å². The molecule has 0 amide bonds. The predicted molar refractivity (Wildman–Crippen MR) is 67.1 cm³/mol. The lowest BCUT2D eigenvalue weighted by Gasteiger charge is -2.01. The normalized spacial score (nSPS) is 10.6. The molecule has 0 fully saturated rings. The number of unbranched alkanes of at least 4 members (excludes halogenated alkanes) is 5. The van der Waals surface area contributed by atoms with Crippen molar-refractivity contribution in [1.82, 2.24) is 0 Å². The molecule has 0 spiro atoms. The molecular formula is C14H22O3. The predicted octanol–water partition coefficient (Wildman–Crippen LogP) is 3.95. The maximum atomic E-state index is 10.3. The highest BCUT2D eigenvalue weighted by molar-refractivity contribution is 5.66. The summed E-state index contributed by atoms with van der Waals surface area (Å²) in [6.45, 7) is 2.07. The summed E-state index contributed by atoms with van der Waals surface area (Å²) in [5.74, 6) is 0.425. The van der Waals surface area contributed by atoms with Crippen LogP contribution in [0.4, 0.5) is 0 Å². The van der Waals surface area contributed by atoms with Gasteiger partial charge in [-0.2, -0.15) is 0 Å². The summed E-state index contributed by atoms with van der Waals surface area (Å²) in [4.78, 5) is 10.3. The van der Waals surface area contributed by atoms with Crippen molar-refractivity contribution < 1.29 is 14.3 Å². The van der Waals surface area contributed by atoms with Crippen molar-refractivity contribution in [3.05, 3.63) is 23.7 Å². The number of furan rings is 1. The standard InChI is InChI=1S/C14H22O3/c1-12-10-11-17-13(12)8-6-4-2-3-5-7-9-14(15)16/h10-11H,2-9H2,1H3,(H,15,16). The van der Waals surface area contributed by atoms with E-state index >= 15 is 0 Å². The van der Waals surface area contributed by atoms with E-state index in [1.807, 2.05) is 6.07 Å². The zero-order chi connectivity index (χ0) is 12.5. The van der Waals surface area contributed by atoms with Crippen LogP contribution >= 0.6 is 0 Å². The number of carboxylic acid groups (broad SMARTS) is 1. The maximum absolute atomic E-state index is 10.3. The molecule has 3 heteroatoms. The van der Waals surface area contributed by atoms with Crippen molar-refractivity contribution in [2.75, 3.05) is 0 Å². The summed E-state index contributed by atoms with van der Waals surface area (Å²) in [6.07, 6.45) is 9.62. The zero-order valence-electron chi connectivity index (χ0n) is 10.6. The average molecular weight is 238 g/mol. The lowest BCUT2D eigenvalue weighted by atomic mass is 10.1. The van der Waals surface area contributed by atoms with Crippen molar-refractivity contribution in [3.8, 4) is 0 Å². The molecule has 1 aromatic heterocycles. The fraction of sp³-hybridized carbons (Fsp3) is 0.643. The van der Waals surface area contributed by atoms with Crippen LogP contribution in [0.1, 0.15) is 56.3 Å². The fourth-order valence-corrected chi connectivity index (χ4v) is 1.93. The molecule has 0 unspecified atom stereocenters. The van der Waals surface area contributed by atoms with Crippen molar-refractivity contribution in [1.29, 1.82) is 0 Å². The Hall–Kier alpha value is -1.25. The molecule has 0 atom stereocenters. The summed E-state index contributed by atoms with van der Waals surface area (Å²) in [7, 11) is 0. The Labute approximate surface area is 103 Å². The molecule has 0 bridgehead atoms. The number of carbonyl (C=O) groups is 1. The smallest absolute Gasteiger partial charge is 0.303 e. The first-order valence-corrected chi connectivity index (χ1v) is 6.45. The lowest BCUT2D eigenvalue weighted by Crippen LogP contribution is -1.93. The van der Waals surface area contributed by atoms with E-state index in [4.69, 9.17) is 9.52 Å². The Morgan fingerprint density at radius 3 is 2.41 bits per heavy atom. The molecule has 0 radical (unpaired) electrons. The zero-order valence-corrected chi connectivity index (χ0v) is 10.6. The van der Waals surface area contributed by atoms with Gasteiger partial charge >= 0.3 is 5.97 Å². The highest BCUT2D eigenvalue weighted by Gasteiger charge is 2.01. The summed E-state index contributed by atoms with van der Waals surface area (Å²) < 4.78 is 5.37. The lowest BCUT2D eigenvalue weighted by molar-refractivity contribution is -0.137. The highest BCUT2D eigenvalue weighted by atomic mass is 16.4. The fourth-order valence-electron chi connectivity index (χ4n) is 1.93. The molecule has 17 heavy (non-hydrogen) atoms. The number of aryl methyl sites for hydroxylation is 2. The second kappa shape index (κ2) is 7.93. The molecule has 1 N–H and O–H groups in total. The van der Waals surface area contributed by atoms with E-state index < -0.39 is 5.97 Å². The number of aliphatic carboxylic acids is 1. The molecule has 1 aromatic rings. The number of hydrogen-bond acceptors (Lipinski definition) is 2. The van der Waals surface area contributed by atoms with Crippen LogP contribution in [-0.4, -0.2) is 11.1 Å². The van der Waals surface area contributed by atoms with Crippen LogP contribution in [0.3, 0.4) is 0 Å². The number of rotatable bonds is 9. The van der Waals surface area contributed by atoms with E-state index in [9.17, 15) is 4.79 Å². The second-order valence-corrected chi connectivity index (χ2v) is 4.54. The monoisotopic (exact) mass is 238 g/mol. The van der Waals surface area contributed by atoms with Gasteiger partial charge in [-0.3, -0.25) is 4.79 Å². The minimum Gasteiger partial charge on any atom is -0.481 e. The van der Waals surface area contributed by atoms with Crippen LogP contribution in [0.2, 0.25) is 0 Å². The van der Waals surface area contributed by atoms with Crippen LogP contribution in [0.25, 0.3) is 0 Å². The molecule has 3 nitrogen and oxygen atoms in total. The number of hydrogen-bond donors (Lipinski definition) is 1. The van der Waals surface area contributed by atoms with Crippen LogP contribution in [0, 0.1) is 6.92 Å². The summed E-state index contributed by atoms with van der Waals surface area (Å²) >= 11 is 0. The van der Waals surface area contributed by atoms with Crippen molar-refractivity contribution in [2.24, 2.45) is 0 Å². The first-order valence-electron chi connectivity index (χ1n) is 6.45. The van der Waals surface area contributed by atoms with Crippen molar-refractivity contribution in [3.63, 3.8) is 0 Å². The minimum atomic E-state index is -0.682. The summed E-state index contributed by atoms with van der Waals surface area (Å²) in [5.41, 5.74) is 1.24. The third-order valence-corrected chi connectivity index (χ3v) is 3.01. The van der Waals surface area contributed by atoms with Gasteiger partial charge in [-0.15, -0.1) is 0 Å².